The van der Waals surface area contributed by atoms with Crippen molar-refractivity contribution in [2.24, 2.45) is 10.7 Å². The van der Waals surface area contributed by atoms with Gasteiger partial charge in [-0.05, 0) is 19.4 Å². The van der Waals surface area contributed by atoms with Crippen LogP contribution in [-0.4, -0.2) is 26.2 Å². The highest BCUT2D eigenvalue weighted by Crippen LogP contribution is 2.30. The molecule has 1 rings (SSSR count). The van der Waals surface area contributed by atoms with Crippen LogP contribution in [0, 0.1) is 0 Å². The highest BCUT2D eigenvalue weighted by molar-refractivity contribution is 5.78. The monoisotopic (exact) mass is 265 g/mol. The third-order valence-corrected chi connectivity index (χ3v) is 2.91. The van der Waals surface area contributed by atoms with Crippen molar-refractivity contribution in [2.45, 2.75) is 32.9 Å². The topological polar surface area (TPSA) is 68.9 Å². The SMILES string of the molecule is CCC(C)NC(N)=NCc1cccc(OC)c1OC. The van der Waals surface area contributed by atoms with Gasteiger partial charge in [-0.3, -0.25) is 0 Å². The molecule has 0 aliphatic heterocycles. The molecule has 5 nitrogen and oxygen atoms in total. The van der Waals surface area contributed by atoms with Gasteiger partial charge in [0.15, 0.2) is 17.5 Å². The van der Waals surface area contributed by atoms with E-state index in [9.17, 15) is 0 Å². The van der Waals surface area contributed by atoms with Crippen LogP contribution in [0.5, 0.6) is 11.5 Å². The van der Waals surface area contributed by atoms with Crippen molar-refractivity contribution in [1.29, 1.82) is 0 Å². The summed E-state index contributed by atoms with van der Waals surface area (Å²) >= 11 is 0. The van der Waals surface area contributed by atoms with E-state index in [2.05, 4.69) is 24.2 Å². The third-order valence-electron chi connectivity index (χ3n) is 2.91. The molecular formula is C14H23N3O2. The van der Waals surface area contributed by atoms with Crippen LogP contribution in [0.25, 0.3) is 0 Å². The van der Waals surface area contributed by atoms with Gasteiger partial charge in [0.1, 0.15) is 0 Å². The number of ether oxygens (including phenoxy) is 2. The van der Waals surface area contributed by atoms with Crippen LogP contribution < -0.4 is 20.5 Å². The number of hydrogen-bond donors (Lipinski definition) is 2. The molecule has 0 aromatic heterocycles. The fraction of sp³-hybridized carbons (Fsp3) is 0.500. The van der Waals surface area contributed by atoms with E-state index in [0.29, 0.717) is 30.0 Å². The van der Waals surface area contributed by atoms with Crippen LogP contribution in [-0.2, 0) is 6.54 Å². The minimum atomic E-state index is 0.316. The Morgan fingerprint density at radius 3 is 2.68 bits per heavy atom. The Kier molecular flexibility index (Phi) is 5.99. The van der Waals surface area contributed by atoms with Crippen molar-refractivity contribution in [1.82, 2.24) is 5.32 Å². The first-order valence-corrected chi connectivity index (χ1v) is 6.38. The van der Waals surface area contributed by atoms with E-state index in [1.165, 1.54) is 0 Å². The van der Waals surface area contributed by atoms with Crippen LogP contribution in [0.2, 0.25) is 0 Å². The van der Waals surface area contributed by atoms with Gasteiger partial charge in [0.25, 0.3) is 0 Å². The first-order chi connectivity index (χ1) is 9.12. The molecule has 1 unspecified atom stereocenters. The zero-order chi connectivity index (χ0) is 14.3. The van der Waals surface area contributed by atoms with Crippen molar-refractivity contribution >= 4 is 5.96 Å². The molecule has 5 heteroatoms. The smallest absolute Gasteiger partial charge is 0.189 e. The molecule has 1 aromatic carbocycles. The Morgan fingerprint density at radius 1 is 1.37 bits per heavy atom. The average Bonchev–Trinajstić information content (AvgIpc) is 2.44. The molecule has 106 valence electrons. The summed E-state index contributed by atoms with van der Waals surface area (Å²) in [6, 6.07) is 6.02. The largest absolute Gasteiger partial charge is 0.493 e. The Labute approximate surface area is 114 Å². The summed E-state index contributed by atoms with van der Waals surface area (Å²) in [5.74, 6) is 1.84. The number of nitrogens with one attached hydrogen (secondary N) is 1. The summed E-state index contributed by atoms with van der Waals surface area (Å²) in [5.41, 5.74) is 6.77. The summed E-state index contributed by atoms with van der Waals surface area (Å²) in [7, 11) is 3.23. The van der Waals surface area contributed by atoms with Gasteiger partial charge in [0.2, 0.25) is 0 Å². The van der Waals surface area contributed by atoms with Crippen LogP contribution in [0.3, 0.4) is 0 Å². The van der Waals surface area contributed by atoms with Crippen LogP contribution in [0.15, 0.2) is 23.2 Å². The van der Waals surface area contributed by atoms with Gasteiger partial charge in [0.05, 0.1) is 20.8 Å². The van der Waals surface area contributed by atoms with E-state index in [1.54, 1.807) is 14.2 Å². The van der Waals surface area contributed by atoms with Gasteiger partial charge in [-0.25, -0.2) is 4.99 Å². The van der Waals surface area contributed by atoms with Gasteiger partial charge in [-0.2, -0.15) is 0 Å². The number of methoxy groups -OCH3 is 2. The Hall–Kier alpha value is -1.91. The fourth-order valence-electron chi connectivity index (χ4n) is 1.65. The molecule has 0 radical (unpaired) electrons. The lowest BCUT2D eigenvalue weighted by atomic mass is 10.2. The Bertz CT molecular complexity index is 433. The van der Waals surface area contributed by atoms with Gasteiger partial charge in [0, 0.05) is 11.6 Å². The number of nitrogens with zero attached hydrogens (tertiary/aromatic N) is 1. The lowest BCUT2D eigenvalue weighted by Gasteiger charge is -2.13. The van der Waals surface area contributed by atoms with Crippen molar-refractivity contribution in [3.05, 3.63) is 23.8 Å². The molecule has 1 aromatic rings. The maximum absolute atomic E-state index is 5.83. The zero-order valence-corrected chi connectivity index (χ0v) is 12.1. The summed E-state index contributed by atoms with van der Waals surface area (Å²) in [5, 5.41) is 3.12. The molecule has 0 amide bonds. The molecule has 0 bridgehead atoms. The van der Waals surface area contributed by atoms with E-state index in [0.717, 1.165) is 12.0 Å². The maximum Gasteiger partial charge on any atom is 0.189 e. The number of para-hydroxylation sites is 1. The van der Waals surface area contributed by atoms with E-state index in [-0.39, 0.29) is 0 Å². The number of rotatable bonds is 6. The second-order valence-electron chi connectivity index (χ2n) is 4.31. The molecule has 0 saturated heterocycles. The number of aliphatic imine (C=N–C) groups is 1. The van der Waals surface area contributed by atoms with E-state index < -0.39 is 0 Å². The summed E-state index contributed by atoms with van der Waals surface area (Å²) in [6.45, 7) is 4.61. The van der Waals surface area contributed by atoms with Crippen LogP contribution in [0.4, 0.5) is 0 Å². The molecule has 1 atom stereocenters. The standard InChI is InChI=1S/C14H23N3O2/c1-5-10(2)17-14(15)16-9-11-7-6-8-12(18-3)13(11)19-4/h6-8,10H,5,9H2,1-4H3,(H3,15,16,17). The minimum absolute atomic E-state index is 0.316. The molecule has 19 heavy (non-hydrogen) atoms. The van der Waals surface area contributed by atoms with Gasteiger partial charge < -0.3 is 20.5 Å². The van der Waals surface area contributed by atoms with E-state index in [1.807, 2.05) is 18.2 Å². The van der Waals surface area contributed by atoms with Crippen LogP contribution in [0.1, 0.15) is 25.8 Å². The predicted molar refractivity (Wildman–Crippen MR) is 77.8 cm³/mol. The highest BCUT2D eigenvalue weighted by Gasteiger charge is 2.09. The Morgan fingerprint density at radius 2 is 2.11 bits per heavy atom. The molecule has 3 N–H and O–H groups in total. The van der Waals surface area contributed by atoms with Crippen molar-refractivity contribution in [3.63, 3.8) is 0 Å². The first kappa shape index (κ1) is 15.1. The number of guanidine groups is 1. The molecule has 0 heterocycles. The number of hydrogen-bond acceptors (Lipinski definition) is 3. The normalized spacial score (nSPS) is 12.9. The highest BCUT2D eigenvalue weighted by atomic mass is 16.5. The van der Waals surface area contributed by atoms with E-state index in [4.69, 9.17) is 15.2 Å². The summed E-state index contributed by atoms with van der Waals surface area (Å²) < 4.78 is 10.6. The molecule has 0 spiro atoms. The lowest BCUT2D eigenvalue weighted by molar-refractivity contribution is 0.352. The van der Waals surface area contributed by atoms with Gasteiger partial charge >= 0.3 is 0 Å². The fourth-order valence-corrected chi connectivity index (χ4v) is 1.65. The number of benzene rings is 1. The van der Waals surface area contributed by atoms with Gasteiger partial charge in [-0.15, -0.1) is 0 Å². The quantitative estimate of drug-likeness (QED) is 0.609. The minimum Gasteiger partial charge on any atom is -0.493 e. The average molecular weight is 265 g/mol. The summed E-state index contributed by atoms with van der Waals surface area (Å²) in [6.07, 6.45) is 0.999. The summed E-state index contributed by atoms with van der Waals surface area (Å²) in [4.78, 5) is 4.31. The second kappa shape index (κ2) is 7.51. The van der Waals surface area contributed by atoms with E-state index >= 15 is 0 Å². The molecule has 0 aliphatic rings. The molecule has 0 aliphatic carbocycles. The predicted octanol–water partition coefficient (Wildman–Crippen LogP) is 1.91. The Balaban J connectivity index is 2.79. The third kappa shape index (κ3) is 4.35. The number of nitrogens with two attached hydrogens (primary N) is 1. The van der Waals surface area contributed by atoms with Crippen molar-refractivity contribution in [2.75, 3.05) is 14.2 Å². The van der Waals surface area contributed by atoms with Crippen molar-refractivity contribution < 1.29 is 9.47 Å². The first-order valence-electron chi connectivity index (χ1n) is 6.38. The lowest BCUT2D eigenvalue weighted by Crippen LogP contribution is -2.38. The molecular weight excluding hydrogens is 242 g/mol. The molecule has 0 saturated carbocycles. The zero-order valence-electron chi connectivity index (χ0n) is 12.1. The van der Waals surface area contributed by atoms with Crippen LogP contribution >= 0.6 is 0 Å². The van der Waals surface area contributed by atoms with Crippen molar-refractivity contribution in [3.8, 4) is 11.5 Å². The second-order valence-corrected chi connectivity index (χ2v) is 4.31. The maximum atomic E-state index is 5.83. The van der Waals surface area contributed by atoms with Gasteiger partial charge in [-0.1, -0.05) is 19.1 Å². The molecule has 0 fully saturated rings.